The second kappa shape index (κ2) is 6.36. The summed E-state index contributed by atoms with van der Waals surface area (Å²) in [6, 6.07) is 14.4. The van der Waals surface area contributed by atoms with Crippen molar-refractivity contribution in [3.63, 3.8) is 0 Å². The summed E-state index contributed by atoms with van der Waals surface area (Å²) < 4.78 is 11.9. The summed E-state index contributed by atoms with van der Waals surface area (Å²) in [5, 5.41) is 12.1. The number of fused-ring (bicyclic) bond motifs is 1. The number of hydroxylamine groups is 2. The van der Waals surface area contributed by atoms with Gasteiger partial charge in [-0.1, -0.05) is 36.4 Å². The molecule has 2 aliphatic rings. The van der Waals surface area contributed by atoms with Gasteiger partial charge in [0, 0.05) is 17.5 Å². The molecule has 1 fully saturated rings. The number of benzene rings is 2. The van der Waals surface area contributed by atoms with Crippen molar-refractivity contribution in [1.82, 2.24) is 5.06 Å². The maximum atomic E-state index is 10.6. The van der Waals surface area contributed by atoms with E-state index in [2.05, 4.69) is 32.0 Å². The topological polar surface area (TPSA) is 41.9 Å². The molecule has 4 nitrogen and oxygen atoms in total. The van der Waals surface area contributed by atoms with Crippen molar-refractivity contribution >= 4 is 0 Å². The van der Waals surface area contributed by atoms with Crippen LogP contribution in [-0.4, -0.2) is 22.4 Å². The molecule has 0 aliphatic carbocycles. The average molecular weight is 339 g/mol. The molecule has 2 heterocycles. The molecule has 0 spiro atoms. The van der Waals surface area contributed by atoms with E-state index in [1.807, 2.05) is 24.3 Å². The molecule has 1 N–H and O–H groups in total. The van der Waals surface area contributed by atoms with Crippen LogP contribution in [0.4, 0.5) is 0 Å². The van der Waals surface area contributed by atoms with E-state index in [1.54, 1.807) is 0 Å². The number of hydrogen-bond donors (Lipinski definition) is 1. The van der Waals surface area contributed by atoms with E-state index in [4.69, 9.17) is 9.47 Å². The third-order valence-electron chi connectivity index (χ3n) is 5.34. The lowest BCUT2D eigenvalue weighted by molar-refractivity contribution is -0.165. The molecule has 0 amide bonds. The summed E-state index contributed by atoms with van der Waals surface area (Å²) in [7, 11) is 0. The van der Waals surface area contributed by atoms with Crippen LogP contribution in [-0.2, 0) is 13.0 Å². The highest BCUT2D eigenvalue weighted by Gasteiger charge is 2.40. The van der Waals surface area contributed by atoms with E-state index in [9.17, 15) is 5.21 Å². The molecule has 0 saturated carbocycles. The Hall–Kier alpha value is -2.04. The summed E-state index contributed by atoms with van der Waals surface area (Å²) in [5.41, 5.74) is 3.23. The standard InChI is InChI=1S/C21H25NO3/c1-21(2)10-8-18(22(21)23)17-12-16-9-11-24-20(16)19(13-17)25-14-15-6-4-3-5-7-15/h3-7,12-13,18,23H,8-11,14H2,1-2H3. The van der Waals surface area contributed by atoms with Gasteiger partial charge in [0.15, 0.2) is 11.5 Å². The number of hydrogen-bond acceptors (Lipinski definition) is 4. The normalized spacial score (nSPS) is 21.8. The molecule has 1 atom stereocenters. The summed E-state index contributed by atoms with van der Waals surface area (Å²) in [6.45, 7) is 5.37. The Kier molecular flexibility index (Phi) is 4.18. The van der Waals surface area contributed by atoms with Gasteiger partial charge in [-0.15, -0.1) is 0 Å². The molecule has 0 aromatic heterocycles. The van der Waals surface area contributed by atoms with Crippen molar-refractivity contribution in [2.75, 3.05) is 6.61 Å². The van der Waals surface area contributed by atoms with Crippen LogP contribution in [0.25, 0.3) is 0 Å². The van der Waals surface area contributed by atoms with E-state index in [0.29, 0.717) is 13.2 Å². The maximum Gasteiger partial charge on any atom is 0.164 e. The Balaban J connectivity index is 1.62. The van der Waals surface area contributed by atoms with Gasteiger partial charge < -0.3 is 14.7 Å². The van der Waals surface area contributed by atoms with Crippen LogP contribution in [0.15, 0.2) is 42.5 Å². The predicted octanol–water partition coefficient (Wildman–Crippen LogP) is 4.51. The van der Waals surface area contributed by atoms with Crippen LogP contribution in [0.5, 0.6) is 11.5 Å². The third-order valence-corrected chi connectivity index (χ3v) is 5.34. The van der Waals surface area contributed by atoms with Gasteiger partial charge in [0.2, 0.25) is 0 Å². The van der Waals surface area contributed by atoms with E-state index in [0.717, 1.165) is 41.9 Å². The van der Waals surface area contributed by atoms with Crippen LogP contribution in [0, 0.1) is 0 Å². The highest BCUT2D eigenvalue weighted by atomic mass is 16.5. The number of nitrogens with zero attached hydrogens (tertiary/aromatic N) is 1. The molecule has 4 rings (SSSR count). The molecular weight excluding hydrogens is 314 g/mol. The first-order valence-corrected chi connectivity index (χ1v) is 8.99. The molecular formula is C21H25NO3. The molecule has 25 heavy (non-hydrogen) atoms. The van der Waals surface area contributed by atoms with Gasteiger partial charge in [-0.2, -0.15) is 5.06 Å². The minimum absolute atomic E-state index is 0.0139. The molecule has 2 aromatic rings. The van der Waals surface area contributed by atoms with Crippen LogP contribution in [0.2, 0.25) is 0 Å². The second-order valence-corrected chi connectivity index (χ2v) is 7.59. The minimum Gasteiger partial charge on any atom is -0.489 e. The molecule has 1 saturated heterocycles. The Morgan fingerprint density at radius 3 is 2.76 bits per heavy atom. The number of ether oxygens (including phenoxy) is 2. The van der Waals surface area contributed by atoms with Crippen LogP contribution in [0.3, 0.4) is 0 Å². The van der Waals surface area contributed by atoms with Crippen molar-refractivity contribution in [3.8, 4) is 11.5 Å². The van der Waals surface area contributed by atoms with Crippen LogP contribution < -0.4 is 9.47 Å². The first-order valence-electron chi connectivity index (χ1n) is 8.99. The Bertz CT molecular complexity index is 757. The second-order valence-electron chi connectivity index (χ2n) is 7.59. The van der Waals surface area contributed by atoms with Crippen molar-refractivity contribution in [3.05, 3.63) is 59.2 Å². The fraction of sp³-hybridized carbons (Fsp3) is 0.429. The molecule has 4 heteroatoms. The van der Waals surface area contributed by atoms with Gasteiger partial charge in [-0.25, -0.2) is 0 Å². The van der Waals surface area contributed by atoms with E-state index >= 15 is 0 Å². The highest BCUT2D eigenvalue weighted by Crippen LogP contribution is 2.45. The fourth-order valence-electron chi connectivity index (χ4n) is 3.79. The monoisotopic (exact) mass is 339 g/mol. The molecule has 2 aliphatic heterocycles. The zero-order valence-electron chi connectivity index (χ0n) is 14.9. The lowest BCUT2D eigenvalue weighted by atomic mass is 10.00. The van der Waals surface area contributed by atoms with Gasteiger partial charge >= 0.3 is 0 Å². The first kappa shape index (κ1) is 16.4. The largest absolute Gasteiger partial charge is 0.489 e. The molecule has 1 unspecified atom stereocenters. The van der Waals surface area contributed by atoms with Gasteiger partial charge in [-0.3, -0.25) is 0 Å². The van der Waals surface area contributed by atoms with E-state index in [1.165, 1.54) is 10.6 Å². The Morgan fingerprint density at radius 2 is 2.04 bits per heavy atom. The quantitative estimate of drug-likeness (QED) is 0.890. The third kappa shape index (κ3) is 3.12. The van der Waals surface area contributed by atoms with Crippen LogP contribution in [0.1, 0.15) is 49.4 Å². The van der Waals surface area contributed by atoms with Gasteiger partial charge in [0.05, 0.1) is 12.6 Å². The van der Waals surface area contributed by atoms with Gasteiger partial charge in [0.1, 0.15) is 6.61 Å². The smallest absolute Gasteiger partial charge is 0.164 e. The molecule has 2 aromatic carbocycles. The van der Waals surface area contributed by atoms with Crippen molar-refractivity contribution in [2.24, 2.45) is 0 Å². The first-order chi connectivity index (χ1) is 12.0. The summed E-state index contributed by atoms with van der Waals surface area (Å²) in [4.78, 5) is 0. The van der Waals surface area contributed by atoms with Gasteiger partial charge in [-0.05, 0) is 43.9 Å². The van der Waals surface area contributed by atoms with Crippen molar-refractivity contribution in [2.45, 2.75) is 51.3 Å². The minimum atomic E-state index is -0.189. The Morgan fingerprint density at radius 1 is 1.24 bits per heavy atom. The SMILES string of the molecule is CC1(C)CCC(c2cc3c(c(OCc4ccccc4)c2)OCC3)N1O. The Labute approximate surface area is 148 Å². The predicted molar refractivity (Wildman–Crippen MR) is 96.1 cm³/mol. The lowest BCUT2D eigenvalue weighted by Gasteiger charge is -2.30. The maximum absolute atomic E-state index is 10.6. The summed E-state index contributed by atoms with van der Waals surface area (Å²) in [6.07, 6.45) is 2.82. The van der Waals surface area contributed by atoms with Crippen molar-refractivity contribution < 1.29 is 14.7 Å². The fourth-order valence-corrected chi connectivity index (χ4v) is 3.79. The highest BCUT2D eigenvalue weighted by molar-refractivity contribution is 5.52. The summed E-state index contributed by atoms with van der Waals surface area (Å²) in [5.74, 6) is 1.65. The lowest BCUT2D eigenvalue weighted by Crippen LogP contribution is -2.36. The summed E-state index contributed by atoms with van der Waals surface area (Å²) >= 11 is 0. The molecule has 0 bridgehead atoms. The van der Waals surface area contributed by atoms with Crippen molar-refractivity contribution in [1.29, 1.82) is 0 Å². The molecule has 132 valence electrons. The molecule has 0 radical (unpaired) electrons. The zero-order chi connectivity index (χ0) is 17.4. The average Bonchev–Trinajstić information content (AvgIpc) is 3.18. The van der Waals surface area contributed by atoms with E-state index in [-0.39, 0.29) is 11.6 Å². The van der Waals surface area contributed by atoms with Gasteiger partial charge in [0.25, 0.3) is 0 Å². The zero-order valence-corrected chi connectivity index (χ0v) is 14.9. The van der Waals surface area contributed by atoms with E-state index < -0.39 is 0 Å². The van der Waals surface area contributed by atoms with Crippen LogP contribution >= 0.6 is 0 Å². The number of rotatable bonds is 4.